The van der Waals surface area contributed by atoms with Gasteiger partial charge in [-0.05, 0) is 81.0 Å². The molecular weight excluding hydrogens is 566 g/mol. The van der Waals surface area contributed by atoms with E-state index in [1.165, 1.54) is 15.6 Å². The molecule has 35 heavy (non-hydrogen) atoms. The van der Waals surface area contributed by atoms with Crippen LogP contribution in [0.25, 0.3) is 10.1 Å². The Morgan fingerprint density at radius 3 is 2.49 bits per heavy atom. The summed E-state index contributed by atoms with van der Waals surface area (Å²) in [5, 5.41) is 4.91. The largest absolute Gasteiger partial charge is 0.366 e. The number of thiophene rings is 2. The van der Waals surface area contributed by atoms with Crippen molar-refractivity contribution in [2.45, 2.75) is 11.8 Å². The second-order valence-electron chi connectivity index (χ2n) is 8.41. The molecule has 1 saturated heterocycles. The molecule has 6 nitrogen and oxygen atoms in total. The number of piperazine rings is 1. The highest BCUT2D eigenvalue weighted by Gasteiger charge is 2.28. The van der Waals surface area contributed by atoms with E-state index in [-0.39, 0.29) is 10.8 Å². The fraction of sp³-hybridized carbons (Fsp3) is 0.240. The van der Waals surface area contributed by atoms with Crippen molar-refractivity contribution in [1.82, 2.24) is 4.90 Å². The highest BCUT2D eigenvalue weighted by Crippen LogP contribution is 2.35. The Kier molecular flexibility index (Phi) is 6.65. The smallest absolute Gasteiger partial charge is 0.265 e. The molecular formula is C25H24BrN3O3S3. The summed E-state index contributed by atoms with van der Waals surface area (Å²) in [6, 6.07) is 14.8. The van der Waals surface area contributed by atoms with Crippen LogP contribution in [-0.2, 0) is 10.0 Å². The Balaban J connectivity index is 1.38. The van der Waals surface area contributed by atoms with Crippen molar-refractivity contribution in [1.29, 1.82) is 0 Å². The molecule has 0 saturated carbocycles. The predicted molar refractivity (Wildman–Crippen MR) is 149 cm³/mol. The molecule has 0 atom stereocenters. The number of aryl methyl sites for hydroxylation is 1. The number of amides is 1. The van der Waals surface area contributed by atoms with Crippen molar-refractivity contribution in [3.63, 3.8) is 0 Å². The number of halogens is 1. The summed E-state index contributed by atoms with van der Waals surface area (Å²) in [5.41, 5.74) is 2.54. The maximum absolute atomic E-state index is 13.6. The van der Waals surface area contributed by atoms with Crippen molar-refractivity contribution >= 4 is 76.0 Å². The maximum Gasteiger partial charge on any atom is 0.265 e. The summed E-state index contributed by atoms with van der Waals surface area (Å²) in [4.78, 5) is 17.9. The number of sulfonamides is 1. The highest BCUT2D eigenvalue weighted by molar-refractivity contribution is 9.10. The van der Waals surface area contributed by atoms with Gasteiger partial charge < -0.3 is 9.80 Å². The molecule has 182 valence electrons. The second-order valence-corrected chi connectivity index (χ2v) is 13.1. The van der Waals surface area contributed by atoms with Gasteiger partial charge in [0.1, 0.15) is 4.88 Å². The Morgan fingerprint density at radius 1 is 1.03 bits per heavy atom. The van der Waals surface area contributed by atoms with Gasteiger partial charge in [0.25, 0.3) is 15.9 Å². The van der Waals surface area contributed by atoms with Crippen LogP contribution < -0.4 is 9.21 Å². The number of carbonyl (C=O) groups excluding carboxylic acids is 1. The molecule has 2 aromatic carbocycles. The third-order valence-electron chi connectivity index (χ3n) is 6.34. The van der Waals surface area contributed by atoms with Crippen LogP contribution in [0.1, 0.15) is 15.2 Å². The van der Waals surface area contributed by atoms with Crippen molar-refractivity contribution in [3.05, 3.63) is 74.2 Å². The first kappa shape index (κ1) is 24.3. The van der Waals surface area contributed by atoms with Crippen LogP contribution in [0.4, 0.5) is 11.4 Å². The molecule has 5 rings (SSSR count). The van der Waals surface area contributed by atoms with Crippen molar-refractivity contribution in [2.75, 3.05) is 42.4 Å². The van der Waals surface area contributed by atoms with E-state index in [9.17, 15) is 13.2 Å². The van der Waals surface area contributed by atoms with Gasteiger partial charge in [-0.1, -0.05) is 12.1 Å². The van der Waals surface area contributed by atoms with Gasteiger partial charge in [-0.3, -0.25) is 9.10 Å². The SMILES string of the molecule is Cc1csc2ccc(S(=O)(=O)N(C)c3ccccc3N3CCN(C(=O)c4sccc4Br)CC3)cc12. The van der Waals surface area contributed by atoms with Gasteiger partial charge in [0.2, 0.25) is 0 Å². The summed E-state index contributed by atoms with van der Waals surface area (Å²) in [6.07, 6.45) is 0. The van der Waals surface area contributed by atoms with Gasteiger partial charge in [0.05, 0.1) is 16.3 Å². The number of para-hydroxylation sites is 2. The lowest BCUT2D eigenvalue weighted by Crippen LogP contribution is -2.49. The number of hydrogen-bond acceptors (Lipinski definition) is 6. The minimum absolute atomic E-state index is 0.0265. The molecule has 2 aromatic heterocycles. The van der Waals surface area contributed by atoms with Crippen molar-refractivity contribution in [2.24, 2.45) is 0 Å². The summed E-state index contributed by atoms with van der Waals surface area (Å²) in [6.45, 7) is 4.39. The Bertz CT molecular complexity index is 1500. The number of anilines is 2. The van der Waals surface area contributed by atoms with Crippen LogP contribution in [-0.4, -0.2) is 52.5 Å². The molecule has 1 amide bonds. The summed E-state index contributed by atoms with van der Waals surface area (Å²) >= 11 is 6.50. The third kappa shape index (κ3) is 4.48. The summed E-state index contributed by atoms with van der Waals surface area (Å²) < 4.78 is 30.5. The minimum atomic E-state index is -3.75. The Hall–Kier alpha value is -2.40. The molecule has 1 fully saturated rings. The second kappa shape index (κ2) is 9.57. The topological polar surface area (TPSA) is 60.9 Å². The lowest BCUT2D eigenvalue weighted by atomic mass is 10.2. The molecule has 4 aromatic rings. The van der Waals surface area contributed by atoms with Crippen molar-refractivity contribution < 1.29 is 13.2 Å². The molecule has 0 N–H and O–H groups in total. The molecule has 0 unspecified atom stereocenters. The zero-order valence-electron chi connectivity index (χ0n) is 19.3. The molecule has 1 aliphatic heterocycles. The third-order valence-corrected chi connectivity index (χ3v) is 11.0. The van der Waals surface area contributed by atoms with Gasteiger partial charge >= 0.3 is 0 Å². The fourth-order valence-electron chi connectivity index (χ4n) is 4.32. The van der Waals surface area contributed by atoms with E-state index in [0.717, 1.165) is 25.8 Å². The maximum atomic E-state index is 13.6. The highest BCUT2D eigenvalue weighted by atomic mass is 79.9. The number of benzene rings is 2. The molecule has 3 heterocycles. The lowest BCUT2D eigenvalue weighted by Gasteiger charge is -2.37. The Morgan fingerprint density at radius 2 is 1.77 bits per heavy atom. The number of rotatable bonds is 5. The number of fused-ring (bicyclic) bond motifs is 1. The van der Waals surface area contributed by atoms with Crippen molar-refractivity contribution in [3.8, 4) is 0 Å². The molecule has 0 aliphatic carbocycles. The van der Waals surface area contributed by atoms with E-state index in [1.54, 1.807) is 30.5 Å². The van der Waals surface area contributed by atoms with Gasteiger partial charge in [0.15, 0.2) is 0 Å². The molecule has 1 aliphatic rings. The fourth-order valence-corrected chi connectivity index (χ4v) is 7.99. The molecule has 0 bridgehead atoms. The van der Waals surface area contributed by atoms with Gasteiger partial charge in [0, 0.05) is 42.4 Å². The first-order valence-corrected chi connectivity index (χ1v) is 15.1. The number of nitrogens with zero attached hydrogens (tertiary/aromatic N) is 3. The van der Waals surface area contributed by atoms with Gasteiger partial charge in [-0.15, -0.1) is 22.7 Å². The zero-order chi connectivity index (χ0) is 24.7. The molecule has 0 radical (unpaired) electrons. The average Bonchev–Trinajstić information content (AvgIpc) is 3.48. The van der Waals surface area contributed by atoms with Crippen LogP contribution in [0.3, 0.4) is 0 Å². The van der Waals surface area contributed by atoms with Crippen LogP contribution >= 0.6 is 38.6 Å². The minimum Gasteiger partial charge on any atom is -0.366 e. The normalized spacial score (nSPS) is 14.5. The summed E-state index contributed by atoms with van der Waals surface area (Å²) in [5.74, 6) is 0.0265. The lowest BCUT2D eigenvalue weighted by molar-refractivity contribution is 0.0751. The van der Waals surface area contributed by atoms with Gasteiger partial charge in [-0.2, -0.15) is 0 Å². The standard InChI is InChI=1S/C25H24BrN3O3S3/c1-17-16-34-23-8-7-18(15-19(17)23)35(31,32)27(2)21-5-3-4-6-22(21)28-10-12-29(13-11-28)25(30)24-20(26)9-14-33-24/h3-9,14-16H,10-13H2,1-2H3. The first-order chi connectivity index (χ1) is 16.8. The predicted octanol–water partition coefficient (Wildman–Crippen LogP) is 5.82. The van der Waals surface area contributed by atoms with E-state index < -0.39 is 10.0 Å². The van der Waals surface area contributed by atoms with Crippen LogP contribution in [0.5, 0.6) is 0 Å². The number of hydrogen-bond donors (Lipinski definition) is 0. The monoisotopic (exact) mass is 589 g/mol. The average molecular weight is 591 g/mol. The summed E-state index contributed by atoms with van der Waals surface area (Å²) in [7, 11) is -2.15. The quantitative estimate of drug-likeness (QED) is 0.294. The number of carbonyl (C=O) groups is 1. The van der Waals surface area contributed by atoms with Gasteiger partial charge in [-0.25, -0.2) is 8.42 Å². The molecule has 10 heteroatoms. The zero-order valence-corrected chi connectivity index (χ0v) is 23.3. The van der Waals surface area contributed by atoms with E-state index in [1.807, 2.05) is 59.0 Å². The molecule has 0 spiro atoms. The Labute approximate surface area is 221 Å². The van der Waals surface area contributed by atoms with E-state index >= 15 is 0 Å². The van der Waals surface area contributed by atoms with Crippen LogP contribution in [0.2, 0.25) is 0 Å². The van der Waals surface area contributed by atoms with E-state index in [0.29, 0.717) is 36.7 Å². The van der Waals surface area contributed by atoms with Crippen LogP contribution in [0.15, 0.2) is 68.7 Å². The van der Waals surface area contributed by atoms with E-state index in [4.69, 9.17) is 0 Å². The van der Waals surface area contributed by atoms with E-state index in [2.05, 4.69) is 20.8 Å². The van der Waals surface area contributed by atoms with Crippen LogP contribution in [0, 0.1) is 6.92 Å². The first-order valence-electron chi connectivity index (χ1n) is 11.1.